The Morgan fingerprint density at radius 3 is 2.45 bits per heavy atom. The van der Waals surface area contributed by atoms with Crippen LogP contribution in [-0.4, -0.2) is 17.5 Å². The van der Waals surface area contributed by atoms with Gasteiger partial charge < -0.3 is 10.1 Å². The molecule has 31 heavy (non-hydrogen) atoms. The molecule has 1 N–H and O–H groups in total. The molecule has 1 aromatic heterocycles. The molecule has 5 heteroatoms. The second kappa shape index (κ2) is 10.0. The molecule has 0 unspecified atom stereocenters. The highest BCUT2D eigenvalue weighted by atomic mass is 32.1. The standard InChI is InChI=1S/C26H24N2O2S/c1-2-20-8-6-7-11-24(20)30-17-25(29)27-16-19-12-14-22(15-13-19)26-28-23(18-31-26)21-9-4-3-5-10-21/h3-15,18H,2,16-17H2,1H3,(H,27,29). The SMILES string of the molecule is CCc1ccccc1OCC(=O)NCc1ccc(-c2nc(-c3ccccc3)cs2)cc1. The van der Waals surface area contributed by atoms with Crippen molar-refractivity contribution in [2.24, 2.45) is 0 Å². The number of rotatable bonds is 8. The summed E-state index contributed by atoms with van der Waals surface area (Å²) >= 11 is 1.63. The van der Waals surface area contributed by atoms with Crippen LogP contribution >= 0.6 is 11.3 Å². The Kier molecular flexibility index (Phi) is 6.75. The number of ether oxygens (including phenoxy) is 1. The first kappa shape index (κ1) is 20.8. The maximum absolute atomic E-state index is 12.2. The lowest BCUT2D eigenvalue weighted by Crippen LogP contribution is -2.28. The Bertz CT molecular complexity index is 1140. The summed E-state index contributed by atoms with van der Waals surface area (Å²) in [4.78, 5) is 16.9. The van der Waals surface area contributed by atoms with Gasteiger partial charge in [0, 0.05) is 23.1 Å². The van der Waals surface area contributed by atoms with Gasteiger partial charge in [0.2, 0.25) is 0 Å². The number of nitrogens with zero attached hydrogens (tertiary/aromatic N) is 1. The zero-order chi connectivity index (χ0) is 21.5. The quantitative estimate of drug-likeness (QED) is 0.390. The van der Waals surface area contributed by atoms with Crippen molar-refractivity contribution in [1.82, 2.24) is 10.3 Å². The second-order valence-corrected chi connectivity index (χ2v) is 7.99. The van der Waals surface area contributed by atoms with Gasteiger partial charge in [-0.3, -0.25) is 4.79 Å². The third-order valence-corrected chi connectivity index (χ3v) is 5.87. The summed E-state index contributed by atoms with van der Waals surface area (Å²) in [5, 5.41) is 5.98. The normalized spacial score (nSPS) is 10.6. The van der Waals surface area contributed by atoms with E-state index in [-0.39, 0.29) is 12.5 Å². The van der Waals surface area contributed by atoms with Gasteiger partial charge in [-0.2, -0.15) is 0 Å². The van der Waals surface area contributed by atoms with Crippen molar-refractivity contribution in [3.05, 3.63) is 95.4 Å². The maximum Gasteiger partial charge on any atom is 0.258 e. The molecule has 1 amide bonds. The summed E-state index contributed by atoms with van der Waals surface area (Å²) in [6, 6.07) is 26.1. The predicted octanol–water partition coefficient (Wildman–Crippen LogP) is 5.73. The van der Waals surface area contributed by atoms with Crippen LogP contribution in [-0.2, 0) is 17.8 Å². The summed E-state index contributed by atoms with van der Waals surface area (Å²) in [7, 11) is 0. The van der Waals surface area contributed by atoms with Gasteiger partial charge in [0.15, 0.2) is 6.61 Å². The largest absolute Gasteiger partial charge is 0.483 e. The van der Waals surface area contributed by atoms with Gasteiger partial charge >= 0.3 is 0 Å². The van der Waals surface area contributed by atoms with E-state index in [4.69, 9.17) is 9.72 Å². The van der Waals surface area contributed by atoms with Gasteiger partial charge in [0.05, 0.1) is 5.69 Å². The first-order chi connectivity index (χ1) is 15.2. The molecule has 4 rings (SSSR count). The van der Waals surface area contributed by atoms with E-state index in [2.05, 4.69) is 29.8 Å². The van der Waals surface area contributed by atoms with Crippen LogP contribution in [0.1, 0.15) is 18.1 Å². The van der Waals surface area contributed by atoms with E-state index in [0.717, 1.165) is 45.1 Å². The number of benzene rings is 3. The van der Waals surface area contributed by atoms with Crippen LogP contribution in [0.4, 0.5) is 0 Å². The van der Waals surface area contributed by atoms with Crippen LogP contribution in [0, 0.1) is 0 Å². The molecule has 0 fully saturated rings. The van der Waals surface area contributed by atoms with E-state index >= 15 is 0 Å². The molecule has 4 aromatic rings. The van der Waals surface area contributed by atoms with E-state index in [1.807, 2.05) is 66.7 Å². The molecule has 0 bridgehead atoms. The highest BCUT2D eigenvalue weighted by Gasteiger charge is 2.08. The van der Waals surface area contributed by atoms with E-state index in [1.54, 1.807) is 11.3 Å². The van der Waals surface area contributed by atoms with Gasteiger partial charge in [-0.25, -0.2) is 4.98 Å². The monoisotopic (exact) mass is 428 g/mol. The number of nitrogens with one attached hydrogen (secondary N) is 1. The van der Waals surface area contributed by atoms with E-state index < -0.39 is 0 Å². The Morgan fingerprint density at radius 2 is 1.68 bits per heavy atom. The highest BCUT2D eigenvalue weighted by Crippen LogP contribution is 2.28. The third-order valence-electron chi connectivity index (χ3n) is 4.98. The van der Waals surface area contributed by atoms with Crippen LogP contribution in [0.2, 0.25) is 0 Å². The van der Waals surface area contributed by atoms with Crippen molar-refractivity contribution >= 4 is 17.2 Å². The van der Waals surface area contributed by atoms with Crippen LogP contribution < -0.4 is 10.1 Å². The average molecular weight is 429 g/mol. The molecule has 0 radical (unpaired) electrons. The van der Waals surface area contributed by atoms with E-state index in [1.165, 1.54) is 0 Å². The molecule has 0 aliphatic heterocycles. The third kappa shape index (κ3) is 5.38. The second-order valence-electron chi connectivity index (χ2n) is 7.13. The average Bonchev–Trinajstić information content (AvgIpc) is 3.33. The number of aryl methyl sites for hydroxylation is 1. The topological polar surface area (TPSA) is 51.2 Å². The molecule has 0 spiro atoms. The Morgan fingerprint density at radius 1 is 0.935 bits per heavy atom. The Balaban J connectivity index is 1.31. The number of thiazole rings is 1. The fourth-order valence-corrected chi connectivity index (χ4v) is 4.08. The van der Waals surface area contributed by atoms with Crippen LogP contribution in [0.25, 0.3) is 21.8 Å². The molecular formula is C26H24N2O2S. The van der Waals surface area contributed by atoms with Crippen molar-refractivity contribution in [2.75, 3.05) is 6.61 Å². The molecule has 156 valence electrons. The van der Waals surface area contributed by atoms with Crippen molar-refractivity contribution in [1.29, 1.82) is 0 Å². The lowest BCUT2D eigenvalue weighted by molar-refractivity contribution is -0.123. The smallest absolute Gasteiger partial charge is 0.258 e. The number of hydrogen-bond donors (Lipinski definition) is 1. The summed E-state index contributed by atoms with van der Waals surface area (Å²) in [5.41, 5.74) is 5.31. The summed E-state index contributed by atoms with van der Waals surface area (Å²) < 4.78 is 5.68. The number of carbonyl (C=O) groups excluding carboxylic acids is 1. The maximum atomic E-state index is 12.2. The van der Waals surface area contributed by atoms with E-state index in [0.29, 0.717) is 6.54 Å². The minimum Gasteiger partial charge on any atom is -0.483 e. The summed E-state index contributed by atoms with van der Waals surface area (Å²) in [6.07, 6.45) is 0.871. The van der Waals surface area contributed by atoms with Crippen LogP contribution in [0.15, 0.2) is 84.2 Å². The summed E-state index contributed by atoms with van der Waals surface area (Å²) in [5.74, 6) is 0.630. The number of carbonyl (C=O) groups is 1. The van der Waals surface area contributed by atoms with Crippen LogP contribution in [0.3, 0.4) is 0 Å². The van der Waals surface area contributed by atoms with E-state index in [9.17, 15) is 4.79 Å². The number of hydrogen-bond acceptors (Lipinski definition) is 4. The van der Waals surface area contributed by atoms with Gasteiger partial charge in [-0.1, -0.05) is 79.7 Å². The molecule has 3 aromatic carbocycles. The van der Waals surface area contributed by atoms with Crippen LogP contribution in [0.5, 0.6) is 5.75 Å². The minimum atomic E-state index is -0.137. The number of aromatic nitrogens is 1. The zero-order valence-electron chi connectivity index (χ0n) is 17.4. The fourth-order valence-electron chi connectivity index (χ4n) is 3.24. The van der Waals surface area contributed by atoms with Gasteiger partial charge in [0.25, 0.3) is 5.91 Å². The zero-order valence-corrected chi connectivity index (χ0v) is 18.2. The van der Waals surface area contributed by atoms with Crippen molar-refractivity contribution in [2.45, 2.75) is 19.9 Å². The van der Waals surface area contributed by atoms with Gasteiger partial charge in [-0.05, 0) is 23.6 Å². The van der Waals surface area contributed by atoms with Gasteiger partial charge in [-0.15, -0.1) is 11.3 Å². The molecule has 1 heterocycles. The lowest BCUT2D eigenvalue weighted by atomic mass is 10.1. The molecule has 0 aliphatic carbocycles. The van der Waals surface area contributed by atoms with Crippen molar-refractivity contribution < 1.29 is 9.53 Å². The first-order valence-electron chi connectivity index (χ1n) is 10.3. The summed E-state index contributed by atoms with van der Waals surface area (Å²) in [6.45, 7) is 2.54. The first-order valence-corrected chi connectivity index (χ1v) is 11.2. The Labute approximate surface area is 186 Å². The molecule has 0 aliphatic rings. The molecule has 0 saturated heterocycles. The highest BCUT2D eigenvalue weighted by molar-refractivity contribution is 7.13. The molecular weight excluding hydrogens is 404 g/mol. The number of amides is 1. The minimum absolute atomic E-state index is 0.0104. The van der Waals surface area contributed by atoms with Crippen molar-refractivity contribution in [3.63, 3.8) is 0 Å². The molecule has 0 saturated carbocycles. The Hall–Kier alpha value is -3.44. The number of para-hydroxylation sites is 1. The predicted molar refractivity (Wildman–Crippen MR) is 126 cm³/mol. The lowest BCUT2D eigenvalue weighted by Gasteiger charge is -2.10. The van der Waals surface area contributed by atoms with Crippen molar-refractivity contribution in [3.8, 4) is 27.6 Å². The molecule has 0 atom stereocenters. The fraction of sp³-hybridized carbons (Fsp3) is 0.154. The molecule has 4 nitrogen and oxygen atoms in total. The van der Waals surface area contributed by atoms with Gasteiger partial charge in [0.1, 0.15) is 10.8 Å².